The van der Waals surface area contributed by atoms with E-state index in [1.807, 2.05) is 37.4 Å². The van der Waals surface area contributed by atoms with Crippen molar-refractivity contribution in [3.63, 3.8) is 0 Å². The highest BCUT2D eigenvalue weighted by Gasteiger charge is 2.09. The molecule has 114 valence electrons. The topological polar surface area (TPSA) is 81.2 Å². The molecule has 0 saturated heterocycles. The Balaban J connectivity index is 2.06. The number of Topliss-reactive ketones (excluding diaryl/α,β-unsaturated/α-hetero) is 1. The SMILES string of the molecule is CSC(N)=NCc1cccc(CC(=O)c2cnc(C)cn2)c1. The molecular weight excluding hydrogens is 296 g/mol. The third-order valence-electron chi connectivity index (χ3n) is 3.05. The molecule has 2 N–H and O–H groups in total. The maximum Gasteiger partial charge on any atom is 0.187 e. The van der Waals surface area contributed by atoms with Crippen molar-refractivity contribution in [1.29, 1.82) is 0 Å². The van der Waals surface area contributed by atoms with Crippen LogP contribution in [0.1, 0.15) is 27.3 Å². The van der Waals surface area contributed by atoms with E-state index < -0.39 is 0 Å². The monoisotopic (exact) mass is 314 g/mol. The second-order valence-corrected chi connectivity index (χ2v) is 5.65. The van der Waals surface area contributed by atoms with Crippen molar-refractivity contribution < 1.29 is 4.79 Å². The molecule has 2 rings (SSSR count). The van der Waals surface area contributed by atoms with Gasteiger partial charge in [0.25, 0.3) is 0 Å². The van der Waals surface area contributed by atoms with E-state index in [2.05, 4.69) is 15.0 Å². The summed E-state index contributed by atoms with van der Waals surface area (Å²) in [5.41, 5.74) is 8.81. The molecule has 6 heteroatoms. The molecule has 0 radical (unpaired) electrons. The maximum absolute atomic E-state index is 12.2. The summed E-state index contributed by atoms with van der Waals surface area (Å²) >= 11 is 1.42. The Labute approximate surface area is 134 Å². The summed E-state index contributed by atoms with van der Waals surface area (Å²) in [5.74, 6) is -0.0446. The Kier molecular flexibility index (Phi) is 5.66. The highest BCUT2D eigenvalue weighted by Crippen LogP contribution is 2.10. The summed E-state index contributed by atoms with van der Waals surface area (Å²) in [5, 5.41) is 0.552. The van der Waals surface area contributed by atoms with Gasteiger partial charge in [0.2, 0.25) is 0 Å². The van der Waals surface area contributed by atoms with Crippen LogP contribution in [0.2, 0.25) is 0 Å². The van der Waals surface area contributed by atoms with Crippen molar-refractivity contribution in [2.24, 2.45) is 10.7 Å². The lowest BCUT2D eigenvalue weighted by Gasteiger charge is -2.04. The highest BCUT2D eigenvalue weighted by molar-refractivity contribution is 8.13. The van der Waals surface area contributed by atoms with Crippen molar-refractivity contribution in [3.8, 4) is 0 Å². The summed E-state index contributed by atoms with van der Waals surface area (Å²) in [6.45, 7) is 2.35. The quantitative estimate of drug-likeness (QED) is 0.520. The van der Waals surface area contributed by atoms with Gasteiger partial charge in [-0.25, -0.2) is 4.98 Å². The number of aliphatic imine (C=N–C) groups is 1. The molecule has 0 saturated carbocycles. The van der Waals surface area contributed by atoms with Crippen molar-refractivity contribution in [2.75, 3.05) is 6.26 Å². The minimum atomic E-state index is -0.0446. The minimum Gasteiger partial charge on any atom is -0.379 e. The molecule has 5 nitrogen and oxygen atoms in total. The molecule has 0 aliphatic rings. The average molecular weight is 314 g/mol. The number of benzene rings is 1. The smallest absolute Gasteiger partial charge is 0.187 e. The highest BCUT2D eigenvalue weighted by atomic mass is 32.2. The van der Waals surface area contributed by atoms with E-state index in [-0.39, 0.29) is 5.78 Å². The lowest BCUT2D eigenvalue weighted by Crippen LogP contribution is -2.07. The molecule has 0 bridgehead atoms. The first kappa shape index (κ1) is 16.2. The van der Waals surface area contributed by atoms with Crippen molar-refractivity contribution in [3.05, 3.63) is 59.2 Å². The van der Waals surface area contributed by atoms with Crippen molar-refractivity contribution >= 4 is 22.7 Å². The standard InChI is InChI=1S/C16H18N4OS/c1-11-8-19-14(10-18-11)15(21)7-12-4-3-5-13(6-12)9-20-16(17)22-2/h3-6,8,10H,7,9H2,1-2H3,(H2,17,20). The fourth-order valence-corrected chi connectivity index (χ4v) is 2.08. The first-order valence-corrected chi connectivity index (χ1v) is 8.04. The number of hydrogen-bond donors (Lipinski definition) is 1. The van der Waals surface area contributed by atoms with Crippen LogP contribution in [-0.2, 0) is 13.0 Å². The molecule has 0 spiro atoms. The number of aryl methyl sites for hydroxylation is 1. The molecule has 0 atom stereocenters. The van der Waals surface area contributed by atoms with Crippen molar-refractivity contribution in [1.82, 2.24) is 9.97 Å². The Morgan fingerprint density at radius 2 is 2.05 bits per heavy atom. The van der Waals surface area contributed by atoms with E-state index in [4.69, 9.17) is 5.73 Å². The maximum atomic E-state index is 12.2. The molecule has 22 heavy (non-hydrogen) atoms. The normalized spacial score (nSPS) is 11.5. The van der Waals surface area contributed by atoms with Gasteiger partial charge < -0.3 is 5.73 Å². The number of nitrogens with two attached hydrogens (primary N) is 1. The molecule has 2 aromatic rings. The van der Waals surface area contributed by atoms with Gasteiger partial charge in [-0.05, 0) is 24.3 Å². The number of nitrogens with zero attached hydrogens (tertiary/aromatic N) is 3. The van der Waals surface area contributed by atoms with Crippen LogP contribution in [0, 0.1) is 6.92 Å². The second-order valence-electron chi connectivity index (χ2n) is 4.82. The molecule has 0 aliphatic heterocycles. The zero-order chi connectivity index (χ0) is 15.9. The van der Waals surface area contributed by atoms with E-state index in [9.17, 15) is 4.79 Å². The van der Waals surface area contributed by atoms with Crippen LogP contribution in [0.25, 0.3) is 0 Å². The largest absolute Gasteiger partial charge is 0.379 e. The van der Waals surface area contributed by atoms with Gasteiger partial charge in [-0.15, -0.1) is 0 Å². The second kappa shape index (κ2) is 7.70. The third kappa shape index (κ3) is 4.66. The predicted octanol–water partition coefficient (Wildman–Crippen LogP) is 2.39. The van der Waals surface area contributed by atoms with Crippen LogP contribution in [0.3, 0.4) is 0 Å². The van der Waals surface area contributed by atoms with E-state index in [1.165, 1.54) is 18.0 Å². The van der Waals surface area contributed by atoms with Gasteiger partial charge >= 0.3 is 0 Å². The van der Waals surface area contributed by atoms with Crippen LogP contribution < -0.4 is 5.73 Å². The summed E-state index contributed by atoms with van der Waals surface area (Å²) in [6.07, 6.45) is 5.30. The predicted molar refractivity (Wildman–Crippen MR) is 90.1 cm³/mol. The molecule has 0 unspecified atom stereocenters. The van der Waals surface area contributed by atoms with Gasteiger partial charge in [0.05, 0.1) is 18.4 Å². The lowest BCUT2D eigenvalue weighted by atomic mass is 10.0. The van der Waals surface area contributed by atoms with Crippen LogP contribution >= 0.6 is 11.8 Å². The summed E-state index contributed by atoms with van der Waals surface area (Å²) < 4.78 is 0. The van der Waals surface area contributed by atoms with Gasteiger partial charge in [-0.3, -0.25) is 14.8 Å². The Bertz CT molecular complexity index is 683. The Hall–Kier alpha value is -2.21. The number of hydrogen-bond acceptors (Lipinski definition) is 5. The fraction of sp³-hybridized carbons (Fsp3) is 0.250. The first-order chi connectivity index (χ1) is 10.6. The number of thioether (sulfide) groups is 1. The Morgan fingerprint density at radius 1 is 1.27 bits per heavy atom. The van der Waals surface area contributed by atoms with Gasteiger partial charge in [-0.1, -0.05) is 36.0 Å². The number of carbonyl (C=O) groups is 1. The van der Waals surface area contributed by atoms with Gasteiger partial charge in [0.1, 0.15) is 5.69 Å². The van der Waals surface area contributed by atoms with Gasteiger partial charge in [0.15, 0.2) is 11.0 Å². The van der Waals surface area contributed by atoms with Crippen LogP contribution in [0.15, 0.2) is 41.7 Å². The van der Waals surface area contributed by atoms with Gasteiger partial charge in [-0.2, -0.15) is 0 Å². The number of rotatable bonds is 5. The molecule has 1 aromatic carbocycles. The zero-order valence-electron chi connectivity index (χ0n) is 12.6. The summed E-state index contributed by atoms with van der Waals surface area (Å²) in [6, 6.07) is 7.78. The molecule has 0 fully saturated rings. The van der Waals surface area contributed by atoms with Crippen molar-refractivity contribution in [2.45, 2.75) is 19.9 Å². The van der Waals surface area contributed by atoms with Gasteiger partial charge in [0, 0.05) is 12.6 Å². The van der Waals surface area contributed by atoms with Crippen LogP contribution in [0.4, 0.5) is 0 Å². The number of ketones is 1. The van der Waals surface area contributed by atoms with E-state index in [0.29, 0.717) is 23.8 Å². The summed E-state index contributed by atoms with van der Waals surface area (Å²) in [4.78, 5) is 24.7. The van der Waals surface area contributed by atoms with E-state index >= 15 is 0 Å². The number of aromatic nitrogens is 2. The minimum absolute atomic E-state index is 0.0446. The number of amidine groups is 1. The van der Waals surface area contributed by atoms with E-state index in [0.717, 1.165) is 16.8 Å². The zero-order valence-corrected chi connectivity index (χ0v) is 13.4. The molecule has 0 aliphatic carbocycles. The molecule has 1 aromatic heterocycles. The molecular formula is C16H18N4OS. The number of carbonyl (C=O) groups excluding carboxylic acids is 1. The summed E-state index contributed by atoms with van der Waals surface area (Å²) in [7, 11) is 0. The molecule has 1 heterocycles. The first-order valence-electron chi connectivity index (χ1n) is 6.82. The van der Waals surface area contributed by atoms with E-state index in [1.54, 1.807) is 6.20 Å². The molecule has 0 amide bonds. The fourth-order valence-electron chi connectivity index (χ4n) is 1.88. The lowest BCUT2D eigenvalue weighted by molar-refractivity contribution is 0.0988. The van der Waals surface area contributed by atoms with Crippen LogP contribution in [0.5, 0.6) is 0 Å². The third-order valence-corrected chi connectivity index (χ3v) is 3.60. The van der Waals surface area contributed by atoms with Crippen LogP contribution in [-0.4, -0.2) is 27.2 Å². The Morgan fingerprint density at radius 3 is 2.73 bits per heavy atom. The average Bonchev–Trinajstić information content (AvgIpc) is 2.53.